The Kier molecular flexibility index (Phi) is 5.58. The molecule has 0 saturated heterocycles. The molecular formula is C18H24N2O3. The SMILES string of the molecule is Cc1cccc(-n2c(C)cc(C(=O)N(CCO)CCO)c2C)c1. The van der Waals surface area contributed by atoms with Crippen molar-refractivity contribution >= 4 is 5.91 Å². The largest absolute Gasteiger partial charge is 0.395 e. The summed E-state index contributed by atoms with van der Waals surface area (Å²) in [6, 6.07) is 9.98. The Morgan fingerprint density at radius 2 is 1.74 bits per heavy atom. The summed E-state index contributed by atoms with van der Waals surface area (Å²) in [7, 11) is 0. The van der Waals surface area contributed by atoms with E-state index < -0.39 is 0 Å². The molecule has 0 fully saturated rings. The van der Waals surface area contributed by atoms with E-state index >= 15 is 0 Å². The lowest BCUT2D eigenvalue weighted by Crippen LogP contribution is -2.36. The van der Waals surface area contributed by atoms with Crippen LogP contribution in [-0.4, -0.2) is 51.9 Å². The lowest BCUT2D eigenvalue weighted by molar-refractivity contribution is 0.0684. The first-order chi connectivity index (χ1) is 11.0. The smallest absolute Gasteiger partial charge is 0.255 e. The summed E-state index contributed by atoms with van der Waals surface area (Å²) in [5, 5.41) is 18.2. The number of aliphatic hydroxyl groups is 2. The van der Waals surface area contributed by atoms with Gasteiger partial charge in [-0.15, -0.1) is 0 Å². The van der Waals surface area contributed by atoms with Crippen molar-refractivity contribution in [3.8, 4) is 5.69 Å². The van der Waals surface area contributed by atoms with Gasteiger partial charge in [0.1, 0.15) is 0 Å². The van der Waals surface area contributed by atoms with E-state index in [2.05, 4.69) is 10.6 Å². The van der Waals surface area contributed by atoms with Crippen LogP contribution in [0.5, 0.6) is 0 Å². The number of benzene rings is 1. The van der Waals surface area contributed by atoms with Crippen LogP contribution in [0.25, 0.3) is 5.69 Å². The molecule has 2 aromatic rings. The highest BCUT2D eigenvalue weighted by atomic mass is 16.3. The molecule has 0 saturated carbocycles. The summed E-state index contributed by atoms with van der Waals surface area (Å²) in [6.07, 6.45) is 0. The molecule has 0 radical (unpaired) electrons. The molecule has 0 atom stereocenters. The second-order valence-electron chi connectivity index (χ2n) is 5.70. The highest BCUT2D eigenvalue weighted by molar-refractivity contribution is 5.96. The van der Waals surface area contributed by atoms with Crippen LogP contribution in [0.15, 0.2) is 30.3 Å². The van der Waals surface area contributed by atoms with Crippen molar-refractivity contribution in [2.45, 2.75) is 20.8 Å². The van der Waals surface area contributed by atoms with Crippen LogP contribution in [0.3, 0.4) is 0 Å². The van der Waals surface area contributed by atoms with Crippen molar-refractivity contribution in [3.63, 3.8) is 0 Å². The number of rotatable bonds is 6. The minimum absolute atomic E-state index is 0.123. The summed E-state index contributed by atoms with van der Waals surface area (Å²) in [6.45, 7) is 6.10. The van der Waals surface area contributed by atoms with E-state index in [1.165, 1.54) is 4.90 Å². The first-order valence-electron chi connectivity index (χ1n) is 7.76. The van der Waals surface area contributed by atoms with Crippen molar-refractivity contribution in [3.05, 3.63) is 52.8 Å². The molecule has 1 aromatic heterocycles. The minimum atomic E-state index is -0.167. The number of carbonyl (C=O) groups is 1. The molecule has 23 heavy (non-hydrogen) atoms. The molecule has 0 aliphatic carbocycles. The molecule has 1 amide bonds. The van der Waals surface area contributed by atoms with Crippen LogP contribution in [0.2, 0.25) is 0 Å². The van der Waals surface area contributed by atoms with Crippen molar-refractivity contribution in [2.75, 3.05) is 26.3 Å². The van der Waals surface area contributed by atoms with Crippen LogP contribution in [0.1, 0.15) is 27.3 Å². The number of aliphatic hydroxyl groups excluding tert-OH is 2. The Bertz CT molecular complexity index is 686. The third-order valence-corrected chi connectivity index (χ3v) is 3.95. The van der Waals surface area contributed by atoms with Gasteiger partial charge < -0.3 is 19.7 Å². The van der Waals surface area contributed by atoms with Gasteiger partial charge in [-0.05, 0) is 44.5 Å². The van der Waals surface area contributed by atoms with E-state index in [-0.39, 0.29) is 32.2 Å². The maximum absolute atomic E-state index is 12.7. The minimum Gasteiger partial charge on any atom is -0.395 e. The Labute approximate surface area is 136 Å². The fraction of sp³-hybridized carbons (Fsp3) is 0.389. The predicted octanol–water partition coefficient (Wildman–Crippen LogP) is 1.83. The van der Waals surface area contributed by atoms with E-state index in [9.17, 15) is 4.79 Å². The second-order valence-corrected chi connectivity index (χ2v) is 5.70. The molecule has 5 nitrogen and oxygen atoms in total. The molecular weight excluding hydrogens is 292 g/mol. The Balaban J connectivity index is 2.42. The molecule has 0 aliphatic rings. The third kappa shape index (κ3) is 3.63. The van der Waals surface area contributed by atoms with Crippen LogP contribution in [-0.2, 0) is 0 Å². The van der Waals surface area contributed by atoms with Gasteiger partial charge in [0.05, 0.1) is 18.8 Å². The first kappa shape index (κ1) is 17.2. The van der Waals surface area contributed by atoms with Gasteiger partial charge in [0.2, 0.25) is 0 Å². The molecule has 1 heterocycles. The van der Waals surface area contributed by atoms with Crippen molar-refractivity contribution < 1.29 is 15.0 Å². The van der Waals surface area contributed by atoms with Crippen molar-refractivity contribution in [1.82, 2.24) is 9.47 Å². The van der Waals surface area contributed by atoms with Gasteiger partial charge in [-0.2, -0.15) is 0 Å². The maximum atomic E-state index is 12.7. The van der Waals surface area contributed by atoms with Crippen molar-refractivity contribution in [1.29, 1.82) is 0 Å². The van der Waals surface area contributed by atoms with Gasteiger partial charge in [0.25, 0.3) is 5.91 Å². The van der Waals surface area contributed by atoms with Gasteiger partial charge in [-0.1, -0.05) is 12.1 Å². The summed E-state index contributed by atoms with van der Waals surface area (Å²) in [5.74, 6) is -0.167. The quantitative estimate of drug-likeness (QED) is 0.854. The molecule has 0 spiro atoms. The monoisotopic (exact) mass is 316 g/mol. The molecule has 124 valence electrons. The summed E-state index contributed by atoms with van der Waals surface area (Å²) in [5.41, 5.74) is 4.62. The molecule has 5 heteroatoms. The van der Waals surface area contributed by atoms with Gasteiger partial charge in [0.15, 0.2) is 0 Å². The van der Waals surface area contributed by atoms with Gasteiger partial charge in [0, 0.05) is 30.2 Å². The van der Waals surface area contributed by atoms with Crippen molar-refractivity contribution in [2.24, 2.45) is 0 Å². The Morgan fingerprint density at radius 1 is 1.09 bits per heavy atom. The molecule has 0 aliphatic heterocycles. The molecule has 2 N–H and O–H groups in total. The van der Waals surface area contributed by atoms with Gasteiger partial charge >= 0.3 is 0 Å². The topological polar surface area (TPSA) is 65.7 Å². The number of aryl methyl sites for hydroxylation is 2. The lowest BCUT2D eigenvalue weighted by Gasteiger charge is -2.20. The molecule has 0 unspecified atom stereocenters. The number of nitrogens with zero attached hydrogens (tertiary/aromatic N) is 2. The third-order valence-electron chi connectivity index (χ3n) is 3.95. The van der Waals surface area contributed by atoms with Gasteiger partial charge in [-0.25, -0.2) is 0 Å². The fourth-order valence-corrected chi connectivity index (χ4v) is 2.87. The normalized spacial score (nSPS) is 10.8. The number of aromatic nitrogens is 1. The molecule has 1 aromatic carbocycles. The second kappa shape index (κ2) is 7.44. The zero-order chi connectivity index (χ0) is 17.0. The van der Waals surface area contributed by atoms with Crippen LogP contribution in [0, 0.1) is 20.8 Å². The summed E-state index contributed by atoms with van der Waals surface area (Å²) in [4.78, 5) is 14.2. The van der Waals surface area contributed by atoms with Crippen LogP contribution in [0.4, 0.5) is 0 Å². The zero-order valence-corrected chi connectivity index (χ0v) is 13.9. The van der Waals surface area contributed by atoms with E-state index in [1.807, 2.05) is 45.0 Å². The lowest BCUT2D eigenvalue weighted by atomic mass is 10.2. The Hall–Kier alpha value is -2.11. The first-order valence-corrected chi connectivity index (χ1v) is 7.76. The van der Waals surface area contributed by atoms with E-state index in [0.29, 0.717) is 5.56 Å². The highest BCUT2D eigenvalue weighted by Crippen LogP contribution is 2.22. The average molecular weight is 316 g/mol. The van der Waals surface area contributed by atoms with E-state index in [0.717, 1.165) is 22.6 Å². The number of hydrogen-bond acceptors (Lipinski definition) is 3. The van der Waals surface area contributed by atoms with E-state index in [4.69, 9.17) is 10.2 Å². The standard InChI is InChI=1S/C18H24N2O3/c1-13-5-4-6-16(11-13)20-14(2)12-17(15(20)3)18(23)19(7-9-21)8-10-22/h4-6,11-12,21-22H,7-10H2,1-3H3. The molecule has 2 rings (SSSR count). The molecule has 0 bridgehead atoms. The predicted molar refractivity (Wildman–Crippen MR) is 90.1 cm³/mol. The highest BCUT2D eigenvalue weighted by Gasteiger charge is 2.21. The fourth-order valence-electron chi connectivity index (χ4n) is 2.87. The average Bonchev–Trinajstić information content (AvgIpc) is 2.81. The van der Waals surface area contributed by atoms with Crippen LogP contribution < -0.4 is 0 Å². The maximum Gasteiger partial charge on any atom is 0.255 e. The van der Waals surface area contributed by atoms with Gasteiger partial charge in [-0.3, -0.25) is 4.79 Å². The van der Waals surface area contributed by atoms with E-state index in [1.54, 1.807) is 0 Å². The Morgan fingerprint density at radius 3 is 2.30 bits per heavy atom. The number of carbonyl (C=O) groups excluding carboxylic acids is 1. The summed E-state index contributed by atoms with van der Waals surface area (Å²) < 4.78 is 2.05. The number of hydrogen-bond donors (Lipinski definition) is 2. The summed E-state index contributed by atoms with van der Waals surface area (Å²) >= 11 is 0. The van der Waals surface area contributed by atoms with Crippen LogP contribution >= 0.6 is 0 Å². The number of amides is 1. The zero-order valence-electron chi connectivity index (χ0n) is 13.9.